The molecule has 0 heterocycles. The quantitative estimate of drug-likeness (QED) is 0.844. The van der Waals surface area contributed by atoms with E-state index in [1.54, 1.807) is 6.07 Å². The van der Waals surface area contributed by atoms with Crippen molar-refractivity contribution in [1.82, 2.24) is 10.2 Å². The number of halogens is 1. The molecule has 23 heavy (non-hydrogen) atoms. The highest BCUT2D eigenvalue weighted by Crippen LogP contribution is 2.22. The number of carbonyl (C=O) groups excluding carboxylic acids is 2. The Labute approximate surface area is 136 Å². The molecule has 0 aromatic heterocycles. The predicted octanol–water partition coefficient (Wildman–Crippen LogP) is 2.14. The lowest BCUT2D eigenvalue weighted by Gasteiger charge is -2.26. The smallest absolute Gasteiger partial charge is 0.224 e. The topological polar surface area (TPSA) is 61.4 Å². The fourth-order valence-corrected chi connectivity index (χ4v) is 3.02. The Morgan fingerprint density at radius 1 is 1.22 bits per heavy atom. The molecule has 0 spiro atoms. The summed E-state index contributed by atoms with van der Waals surface area (Å²) >= 11 is 0. The van der Waals surface area contributed by atoms with E-state index < -0.39 is 5.82 Å². The van der Waals surface area contributed by atoms with E-state index in [0.717, 1.165) is 19.3 Å². The van der Waals surface area contributed by atoms with Gasteiger partial charge in [-0.3, -0.25) is 9.59 Å². The molecule has 0 unspecified atom stereocenters. The highest BCUT2D eigenvalue weighted by molar-refractivity contribution is 5.93. The van der Waals surface area contributed by atoms with Gasteiger partial charge in [0.15, 0.2) is 0 Å². The summed E-state index contributed by atoms with van der Waals surface area (Å²) in [5, 5.41) is 5.61. The largest absolute Gasteiger partial charge is 0.352 e. The van der Waals surface area contributed by atoms with E-state index in [2.05, 4.69) is 15.5 Å². The van der Waals surface area contributed by atoms with Crippen LogP contribution in [-0.4, -0.2) is 42.9 Å². The summed E-state index contributed by atoms with van der Waals surface area (Å²) in [7, 11) is 4.03. The van der Waals surface area contributed by atoms with Crippen molar-refractivity contribution >= 4 is 17.5 Å². The zero-order valence-electron chi connectivity index (χ0n) is 13.6. The summed E-state index contributed by atoms with van der Waals surface area (Å²) in [6, 6.07) is 6.22. The minimum Gasteiger partial charge on any atom is -0.352 e. The van der Waals surface area contributed by atoms with Crippen LogP contribution in [0.25, 0.3) is 0 Å². The normalized spacial score (nSPS) is 20.5. The number of hydrogen-bond acceptors (Lipinski definition) is 3. The van der Waals surface area contributed by atoms with Crippen molar-refractivity contribution in [3.63, 3.8) is 0 Å². The summed E-state index contributed by atoms with van der Waals surface area (Å²) in [5.41, 5.74) is 0.402. The van der Waals surface area contributed by atoms with Crippen molar-refractivity contribution in [3.8, 4) is 0 Å². The molecule has 1 fully saturated rings. The predicted molar refractivity (Wildman–Crippen MR) is 87.5 cm³/mol. The number of nitrogens with zero attached hydrogens (tertiary/aromatic N) is 1. The lowest BCUT2D eigenvalue weighted by atomic mass is 10.1. The second-order valence-corrected chi connectivity index (χ2v) is 6.19. The van der Waals surface area contributed by atoms with Gasteiger partial charge >= 0.3 is 0 Å². The van der Waals surface area contributed by atoms with Gasteiger partial charge < -0.3 is 15.5 Å². The number of nitrogens with one attached hydrogen (secondary N) is 2. The van der Waals surface area contributed by atoms with Crippen LogP contribution >= 0.6 is 0 Å². The highest BCUT2D eigenvalue weighted by Gasteiger charge is 2.29. The first-order chi connectivity index (χ1) is 11.0. The first-order valence-electron chi connectivity index (χ1n) is 7.97. The average Bonchev–Trinajstić information content (AvgIpc) is 2.93. The fourth-order valence-electron chi connectivity index (χ4n) is 3.02. The molecule has 0 aliphatic heterocycles. The molecular weight excluding hydrogens is 297 g/mol. The number of carbonyl (C=O) groups is 2. The van der Waals surface area contributed by atoms with Crippen molar-refractivity contribution < 1.29 is 14.0 Å². The second kappa shape index (κ2) is 8.06. The molecule has 1 aliphatic rings. The van der Waals surface area contributed by atoms with Crippen LogP contribution in [0.4, 0.5) is 10.1 Å². The van der Waals surface area contributed by atoms with Gasteiger partial charge in [-0.1, -0.05) is 6.07 Å². The first-order valence-corrected chi connectivity index (χ1v) is 7.97. The van der Waals surface area contributed by atoms with Crippen LogP contribution in [0.1, 0.15) is 32.1 Å². The van der Waals surface area contributed by atoms with E-state index in [0.29, 0.717) is 11.7 Å². The third-order valence-electron chi connectivity index (χ3n) is 4.18. The van der Waals surface area contributed by atoms with Gasteiger partial charge in [0.25, 0.3) is 0 Å². The summed E-state index contributed by atoms with van der Waals surface area (Å²) in [6.45, 7) is 0. The monoisotopic (exact) mass is 321 g/mol. The standard InChI is InChI=1S/C17H24FN3O2/c1-21(2)15-8-4-7-14(15)20-17(23)10-9-16(22)19-13-6-3-5-12(18)11-13/h3,5-6,11,14-15H,4,7-10H2,1-2H3,(H,19,22)(H,20,23)/t14-,15-/m1/s1. The van der Waals surface area contributed by atoms with Crippen LogP contribution in [0.5, 0.6) is 0 Å². The molecule has 1 aliphatic carbocycles. The van der Waals surface area contributed by atoms with E-state index in [4.69, 9.17) is 0 Å². The summed E-state index contributed by atoms with van der Waals surface area (Å²) < 4.78 is 13.0. The molecule has 1 aromatic carbocycles. The maximum Gasteiger partial charge on any atom is 0.224 e. The van der Waals surface area contributed by atoms with Gasteiger partial charge in [0.05, 0.1) is 0 Å². The Kier molecular flexibility index (Phi) is 6.10. The van der Waals surface area contributed by atoms with Crippen LogP contribution in [0.15, 0.2) is 24.3 Å². The lowest BCUT2D eigenvalue weighted by Crippen LogP contribution is -2.46. The molecule has 0 bridgehead atoms. The molecule has 6 heteroatoms. The Hall–Kier alpha value is -1.95. The number of likely N-dealkylation sites (N-methyl/N-ethyl adjacent to an activating group) is 1. The lowest BCUT2D eigenvalue weighted by molar-refractivity contribution is -0.125. The van der Waals surface area contributed by atoms with Gasteiger partial charge in [-0.25, -0.2) is 4.39 Å². The molecule has 1 saturated carbocycles. The summed E-state index contributed by atoms with van der Waals surface area (Å²) in [6.07, 6.45) is 3.38. The van der Waals surface area contributed by atoms with Gasteiger partial charge in [-0.15, -0.1) is 0 Å². The summed E-state index contributed by atoms with van der Waals surface area (Å²) in [5.74, 6) is -0.809. The Morgan fingerprint density at radius 3 is 2.65 bits per heavy atom. The first kappa shape index (κ1) is 17.4. The van der Waals surface area contributed by atoms with Crippen molar-refractivity contribution in [1.29, 1.82) is 0 Å². The van der Waals surface area contributed by atoms with Crippen LogP contribution in [0, 0.1) is 5.82 Å². The van der Waals surface area contributed by atoms with Gasteiger partial charge in [0.2, 0.25) is 11.8 Å². The second-order valence-electron chi connectivity index (χ2n) is 6.19. The van der Waals surface area contributed by atoms with E-state index in [1.165, 1.54) is 18.2 Å². The molecule has 2 amide bonds. The van der Waals surface area contributed by atoms with E-state index in [-0.39, 0.29) is 30.7 Å². The maximum atomic E-state index is 13.0. The molecule has 5 nitrogen and oxygen atoms in total. The fraction of sp³-hybridized carbons (Fsp3) is 0.529. The number of hydrogen-bond donors (Lipinski definition) is 2. The molecule has 2 N–H and O–H groups in total. The van der Waals surface area contributed by atoms with Crippen molar-refractivity contribution in [3.05, 3.63) is 30.1 Å². The maximum absolute atomic E-state index is 13.0. The van der Waals surface area contributed by atoms with E-state index in [1.807, 2.05) is 14.1 Å². The summed E-state index contributed by atoms with van der Waals surface area (Å²) in [4.78, 5) is 26.0. The Bertz CT molecular complexity index is 563. The number of anilines is 1. The molecule has 2 rings (SSSR count). The third kappa shape index (κ3) is 5.32. The van der Waals surface area contributed by atoms with Gasteiger partial charge in [0, 0.05) is 30.6 Å². The average molecular weight is 321 g/mol. The van der Waals surface area contributed by atoms with Crippen LogP contribution in [-0.2, 0) is 9.59 Å². The molecular formula is C17H24FN3O2. The zero-order valence-corrected chi connectivity index (χ0v) is 13.6. The van der Waals surface area contributed by atoms with Crippen LogP contribution in [0.3, 0.4) is 0 Å². The highest BCUT2D eigenvalue weighted by atomic mass is 19.1. The number of rotatable bonds is 6. The molecule has 2 atom stereocenters. The third-order valence-corrected chi connectivity index (χ3v) is 4.18. The minimum absolute atomic E-state index is 0.0850. The van der Waals surface area contributed by atoms with Crippen LogP contribution in [0.2, 0.25) is 0 Å². The van der Waals surface area contributed by atoms with Crippen LogP contribution < -0.4 is 10.6 Å². The van der Waals surface area contributed by atoms with Gasteiger partial charge in [-0.2, -0.15) is 0 Å². The minimum atomic E-state index is -0.406. The van der Waals surface area contributed by atoms with Gasteiger partial charge in [-0.05, 0) is 51.6 Å². The van der Waals surface area contributed by atoms with E-state index in [9.17, 15) is 14.0 Å². The number of benzene rings is 1. The van der Waals surface area contributed by atoms with E-state index >= 15 is 0 Å². The molecule has 0 saturated heterocycles. The van der Waals surface area contributed by atoms with Crippen molar-refractivity contribution in [2.24, 2.45) is 0 Å². The molecule has 1 aromatic rings. The SMILES string of the molecule is CN(C)[C@@H]1CCC[C@H]1NC(=O)CCC(=O)Nc1cccc(F)c1. The zero-order chi connectivity index (χ0) is 16.8. The number of amides is 2. The van der Waals surface area contributed by atoms with Gasteiger partial charge in [0.1, 0.15) is 5.82 Å². The Morgan fingerprint density at radius 2 is 1.96 bits per heavy atom. The van der Waals surface area contributed by atoms with Crippen molar-refractivity contribution in [2.45, 2.75) is 44.2 Å². The molecule has 126 valence electrons. The molecule has 0 radical (unpaired) electrons. The Balaban J connectivity index is 1.74. The van der Waals surface area contributed by atoms with Crippen molar-refractivity contribution in [2.75, 3.05) is 19.4 Å².